The van der Waals surface area contributed by atoms with Crippen LogP contribution in [0, 0.1) is 17.6 Å². The summed E-state index contributed by atoms with van der Waals surface area (Å²) in [6.45, 7) is 1.75. The Bertz CT molecular complexity index is 785. The summed E-state index contributed by atoms with van der Waals surface area (Å²) >= 11 is 6.99. The zero-order valence-electron chi connectivity index (χ0n) is 12.1. The standard InChI is InChI=1S/C16H12ClN3O2S/c1-10-13(17)3-2-4-14(10)20-16(22)15(21)19-11-5-7-12(8-6-11)23-9-18/h2-8H,1H3,(H,19,21)(H,20,22). The summed E-state index contributed by atoms with van der Waals surface area (Å²) in [7, 11) is 0. The summed E-state index contributed by atoms with van der Waals surface area (Å²) in [4.78, 5) is 24.6. The second-order valence-corrected chi connectivity index (χ2v) is 5.80. The number of rotatable bonds is 3. The van der Waals surface area contributed by atoms with Crippen molar-refractivity contribution in [3.63, 3.8) is 0 Å². The monoisotopic (exact) mass is 345 g/mol. The Morgan fingerprint density at radius 2 is 1.74 bits per heavy atom. The minimum atomic E-state index is -0.787. The molecule has 0 bridgehead atoms. The summed E-state index contributed by atoms with van der Waals surface area (Å²) in [6, 6.07) is 11.7. The minimum Gasteiger partial charge on any atom is -0.318 e. The van der Waals surface area contributed by atoms with Crippen LogP contribution in [0.15, 0.2) is 47.4 Å². The van der Waals surface area contributed by atoms with Crippen LogP contribution >= 0.6 is 23.4 Å². The van der Waals surface area contributed by atoms with Crippen molar-refractivity contribution in [2.24, 2.45) is 0 Å². The summed E-state index contributed by atoms with van der Waals surface area (Å²) in [5.74, 6) is -1.57. The highest BCUT2D eigenvalue weighted by Crippen LogP contribution is 2.23. The molecule has 0 atom stereocenters. The van der Waals surface area contributed by atoms with Gasteiger partial charge in [0.15, 0.2) is 0 Å². The molecule has 5 nitrogen and oxygen atoms in total. The quantitative estimate of drug-likeness (QED) is 0.503. The van der Waals surface area contributed by atoms with E-state index in [1.54, 1.807) is 49.4 Å². The van der Waals surface area contributed by atoms with E-state index in [1.165, 1.54) is 0 Å². The number of nitriles is 1. The smallest absolute Gasteiger partial charge is 0.314 e. The van der Waals surface area contributed by atoms with Crippen molar-refractivity contribution in [2.75, 3.05) is 10.6 Å². The first-order valence-electron chi connectivity index (χ1n) is 6.54. The van der Waals surface area contributed by atoms with Crippen LogP contribution < -0.4 is 10.6 Å². The SMILES string of the molecule is Cc1c(Cl)cccc1NC(=O)C(=O)Nc1ccc(SC#N)cc1. The van der Waals surface area contributed by atoms with E-state index >= 15 is 0 Å². The van der Waals surface area contributed by atoms with Crippen LogP contribution in [-0.2, 0) is 9.59 Å². The predicted molar refractivity (Wildman–Crippen MR) is 91.4 cm³/mol. The minimum absolute atomic E-state index is 0.468. The number of thioether (sulfide) groups is 1. The lowest BCUT2D eigenvalue weighted by atomic mass is 10.2. The van der Waals surface area contributed by atoms with Gasteiger partial charge < -0.3 is 10.6 Å². The maximum Gasteiger partial charge on any atom is 0.314 e. The van der Waals surface area contributed by atoms with Crippen LogP contribution in [0.1, 0.15) is 5.56 Å². The molecule has 2 aromatic rings. The van der Waals surface area contributed by atoms with Gasteiger partial charge in [0, 0.05) is 21.3 Å². The zero-order chi connectivity index (χ0) is 16.8. The van der Waals surface area contributed by atoms with E-state index in [2.05, 4.69) is 10.6 Å². The Morgan fingerprint density at radius 3 is 2.39 bits per heavy atom. The van der Waals surface area contributed by atoms with Crippen LogP contribution in [-0.4, -0.2) is 11.8 Å². The van der Waals surface area contributed by atoms with Crippen molar-refractivity contribution < 1.29 is 9.59 Å². The third kappa shape index (κ3) is 4.49. The van der Waals surface area contributed by atoms with Gasteiger partial charge in [-0.1, -0.05) is 17.7 Å². The van der Waals surface area contributed by atoms with E-state index in [-0.39, 0.29) is 0 Å². The van der Waals surface area contributed by atoms with Gasteiger partial charge >= 0.3 is 11.8 Å². The topological polar surface area (TPSA) is 82.0 Å². The van der Waals surface area contributed by atoms with Crippen LogP contribution in [0.25, 0.3) is 0 Å². The maximum absolute atomic E-state index is 11.9. The molecule has 0 aliphatic heterocycles. The Balaban J connectivity index is 2.01. The summed E-state index contributed by atoms with van der Waals surface area (Å²) in [6.07, 6.45) is 0. The first-order valence-corrected chi connectivity index (χ1v) is 7.74. The fraction of sp³-hybridized carbons (Fsp3) is 0.0625. The van der Waals surface area contributed by atoms with Crippen LogP contribution in [0.3, 0.4) is 0 Å². The number of benzene rings is 2. The van der Waals surface area contributed by atoms with E-state index in [0.29, 0.717) is 22.0 Å². The molecular weight excluding hydrogens is 334 g/mol. The molecule has 2 rings (SSSR count). The summed E-state index contributed by atoms with van der Waals surface area (Å²) in [5, 5.41) is 16.0. The molecule has 0 saturated heterocycles. The lowest BCUT2D eigenvalue weighted by Crippen LogP contribution is -2.29. The number of thiocyanates is 1. The molecule has 0 aromatic heterocycles. The van der Waals surface area contributed by atoms with Crippen molar-refractivity contribution in [1.82, 2.24) is 0 Å². The third-order valence-corrected chi connectivity index (χ3v) is 4.01. The van der Waals surface area contributed by atoms with Crippen LogP contribution in [0.5, 0.6) is 0 Å². The molecule has 0 radical (unpaired) electrons. The normalized spacial score (nSPS) is 9.78. The highest BCUT2D eigenvalue weighted by molar-refractivity contribution is 8.03. The van der Waals surface area contributed by atoms with Crippen molar-refractivity contribution in [1.29, 1.82) is 5.26 Å². The molecule has 0 spiro atoms. The van der Waals surface area contributed by atoms with Gasteiger partial charge in [-0.15, -0.1) is 0 Å². The lowest BCUT2D eigenvalue weighted by molar-refractivity contribution is -0.133. The van der Waals surface area contributed by atoms with Gasteiger partial charge in [0.1, 0.15) is 5.40 Å². The van der Waals surface area contributed by atoms with E-state index in [4.69, 9.17) is 16.9 Å². The summed E-state index contributed by atoms with van der Waals surface area (Å²) in [5.41, 5.74) is 1.64. The van der Waals surface area contributed by atoms with Crippen molar-refractivity contribution in [3.05, 3.63) is 53.1 Å². The molecule has 0 heterocycles. The highest BCUT2D eigenvalue weighted by atomic mass is 35.5. The van der Waals surface area contributed by atoms with Gasteiger partial charge in [0.05, 0.1) is 0 Å². The first-order chi connectivity index (χ1) is 11.0. The van der Waals surface area contributed by atoms with Gasteiger partial charge in [-0.3, -0.25) is 9.59 Å². The number of halogens is 1. The fourth-order valence-corrected chi connectivity index (χ4v) is 2.32. The van der Waals surface area contributed by atoms with Gasteiger partial charge in [-0.2, -0.15) is 5.26 Å². The van der Waals surface area contributed by atoms with Crippen molar-refractivity contribution in [2.45, 2.75) is 11.8 Å². The Kier molecular flexibility index (Phi) is 5.63. The van der Waals surface area contributed by atoms with E-state index < -0.39 is 11.8 Å². The number of nitrogens with one attached hydrogen (secondary N) is 2. The van der Waals surface area contributed by atoms with Gasteiger partial charge in [-0.05, 0) is 60.6 Å². The molecule has 2 N–H and O–H groups in total. The molecule has 0 aliphatic rings. The number of amides is 2. The average molecular weight is 346 g/mol. The second kappa shape index (κ2) is 7.68. The number of hydrogen-bond acceptors (Lipinski definition) is 4. The molecular formula is C16H12ClN3O2S. The molecule has 23 heavy (non-hydrogen) atoms. The molecule has 2 aromatic carbocycles. The third-order valence-electron chi connectivity index (χ3n) is 3.00. The number of hydrogen-bond donors (Lipinski definition) is 2. The molecule has 0 fully saturated rings. The number of carbonyl (C=O) groups is 2. The first kappa shape index (κ1) is 16.9. The van der Waals surface area contributed by atoms with Crippen molar-refractivity contribution in [3.8, 4) is 5.40 Å². The number of nitrogens with zero attached hydrogens (tertiary/aromatic N) is 1. The van der Waals surface area contributed by atoms with E-state index in [1.807, 2.05) is 5.40 Å². The second-order valence-electron chi connectivity index (χ2n) is 4.54. The Hall–Kier alpha value is -2.49. The average Bonchev–Trinajstić information content (AvgIpc) is 2.54. The molecule has 7 heteroatoms. The van der Waals surface area contributed by atoms with Gasteiger partial charge in [-0.25, -0.2) is 0 Å². The van der Waals surface area contributed by atoms with E-state index in [9.17, 15) is 9.59 Å². The molecule has 2 amide bonds. The molecule has 0 unspecified atom stereocenters. The fourth-order valence-electron chi connectivity index (χ4n) is 1.77. The molecule has 0 aliphatic carbocycles. The largest absolute Gasteiger partial charge is 0.318 e. The van der Waals surface area contributed by atoms with Crippen LogP contribution in [0.2, 0.25) is 5.02 Å². The van der Waals surface area contributed by atoms with E-state index in [0.717, 1.165) is 16.7 Å². The van der Waals surface area contributed by atoms with Gasteiger partial charge in [0.2, 0.25) is 0 Å². The predicted octanol–water partition coefficient (Wildman–Crippen LogP) is 3.80. The maximum atomic E-state index is 11.9. The van der Waals surface area contributed by atoms with Crippen molar-refractivity contribution >= 4 is 46.6 Å². The molecule has 116 valence electrons. The number of anilines is 2. The Morgan fingerprint density at radius 1 is 1.09 bits per heavy atom. The summed E-state index contributed by atoms with van der Waals surface area (Å²) < 4.78 is 0. The highest BCUT2D eigenvalue weighted by Gasteiger charge is 2.15. The molecule has 0 saturated carbocycles. The lowest BCUT2D eigenvalue weighted by Gasteiger charge is -2.09. The van der Waals surface area contributed by atoms with Crippen LogP contribution in [0.4, 0.5) is 11.4 Å². The number of carbonyl (C=O) groups excluding carboxylic acids is 2. The Labute approximate surface area is 142 Å². The van der Waals surface area contributed by atoms with Gasteiger partial charge in [0.25, 0.3) is 0 Å². The zero-order valence-corrected chi connectivity index (χ0v) is 13.7.